The van der Waals surface area contributed by atoms with Crippen molar-refractivity contribution >= 4 is 15.9 Å². The van der Waals surface area contributed by atoms with Crippen LogP contribution in [0, 0.1) is 5.82 Å². The predicted octanol–water partition coefficient (Wildman–Crippen LogP) is 3.88. The predicted molar refractivity (Wildman–Crippen MR) is 68.3 cm³/mol. The van der Waals surface area contributed by atoms with Crippen molar-refractivity contribution in [3.05, 3.63) is 58.2 Å². The smallest absolute Gasteiger partial charge is 0.125 e. The summed E-state index contributed by atoms with van der Waals surface area (Å²) >= 11 is 3.44. The first-order valence-electron chi connectivity index (χ1n) is 5.44. The molecule has 0 spiro atoms. The minimum atomic E-state index is -0.252. The van der Waals surface area contributed by atoms with Crippen molar-refractivity contribution in [2.45, 2.75) is 13.0 Å². The Morgan fingerprint density at radius 1 is 1.41 bits per heavy atom. The summed E-state index contributed by atoms with van der Waals surface area (Å²) in [4.78, 5) is 0. The van der Waals surface area contributed by atoms with Crippen LogP contribution in [0.2, 0.25) is 0 Å². The molecular formula is C13H13BrFNO. The van der Waals surface area contributed by atoms with Gasteiger partial charge in [0.05, 0.1) is 12.3 Å². The van der Waals surface area contributed by atoms with E-state index >= 15 is 0 Å². The molecule has 1 unspecified atom stereocenters. The van der Waals surface area contributed by atoms with Crippen molar-refractivity contribution in [2.75, 3.05) is 6.54 Å². The molecule has 0 saturated heterocycles. The van der Waals surface area contributed by atoms with Crippen LogP contribution in [-0.2, 0) is 0 Å². The summed E-state index contributed by atoms with van der Waals surface area (Å²) < 4.78 is 19.6. The highest BCUT2D eigenvalue weighted by Gasteiger charge is 2.18. The monoisotopic (exact) mass is 297 g/mol. The normalized spacial score (nSPS) is 12.6. The van der Waals surface area contributed by atoms with Crippen LogP contribution in [0.5, 0.6) is 0 Å². The minimum absolute atomic E-state index is 0.139. The maximum Gasteiger partial charge on any atom is 0.125 e. The number of hydrogen-bond acceptors (Lipinski definition) is 2. The van der Waals surface area contributed by atoms with Crippen molar-refractivity contribution in [1.82, 2.24) is 5.32 Å². The Balaban J connectivity index is 2.42. The number of furan rings is 1. The van der Waals surface area contributed by atoms with Crippen LogP contribution in [0.25, 0.3) is 0 Å². The van der Waals surface area contributed by atoms with Crippen LogP contribution in [0.15, 0.2) is 45.5 Å². The molecule has 1 heterocycles. The number of rotatable bonds is 4. The second-order valence-electron chi connectivity index (χ2n) is 3.67. The summed E-state index contributed by atoms with van der Waals surface area (Å²) in [6, 6.07) is 8.22. The third kappa shape index (κ3) is 2.76. The third-order valence-electron chi connectivity index (χ3n) is 2.50. The SMILES string of the molecule is CCNC(c1ccco1)c1cc(F)ccc1Br. The molecule has 2 nitrogen and oxygen atoms in total. The quantitative estimate of drug-likeness (QED) is 0.926. The number of nitrogens with one attached hydrogen (secondary N) is 1. The van der Waals surface area contributed by atoms with E-state index in [1.807, 2.05) is 19.1 Å². The fraction of sp³-hybridized carbons (Fsp3) is 0.231. The van der Waals surface area contributed by atoms with Gasteiger partial charge in [-0.1, -0.05) is 22.9 Å². The lowest BCUT2D eigenvalue weighted by Gasteiger charge is -2.17. The lowest BCUT2D eigenvalue weighted by atomic mass is 10.0. The van der Waals surface area contributed by atoms with E-state index in [0.717, 1.165) is 22.3 Å². The van der Waals surface area contributed by atoms with Gasteiger partial charge in [-0.2, -0.15) is 0 Å². The topological polar surface area (TPSA) is 25.2 Å². The zero-order chi connectivity index (χ0) is 12.3. The maximum atomic E-state index is 13.3. The standard InChI is InChI=1S/C13H13BrFNO/c1-2-16-13(12-4-3-7-17-12)10-8-9(15)5-6-11(10)14/h3-8,13,16H,2H2,1H3. The second-order valence-corrected chi connectivity index (χ2v) is 4.53. The molecule has 1 atom stereocenters. The van der Waals surface area contributed by atoms with Crippen LogP contribution in [0.4, 0.5) is 4.39 Å². The molecule has 0 radical (unpaired) electrons. The largest absolute Gasteiger partial charge is 0.467 e. The molecule has 0 aliphatic carbocycles. The summed E-state index contributed by atoms with van der Waals surface area (Å²) in [6.07, 6.45) is 1.62. The molecule has 1 aromatic carbocycles. The van der Waals surface area contributed by atoms with Crippen LogP contribution >= 0.6 is 15.9 Å². The van der Waals surface area contributed by atoms with Gasteiger partial charge < -0.3 is 9.73 Å². The van der Waals surface area contributed by atoms with Crippen molar-refractivity contribution in [2.24, 2.45) is 0 Å². The zero-order valence-corrected chi connectivity index (χ0v) is 11.0. The Morgan fingerprint density at radius 3 is 2.88 bits per heavy atom. The van der Waals surface area contributed by atoms with Gasteiger partial charge in [0.25, 0.3) is 0 Å². The summed E-state index contributed by atoms with van der Waals surface area (Å²) in [5, 5.41) is 3.28. The van der Waals surface area contributed by atoms with Crippen molar-refractivity contribution in [3.8, 4) is 0 Å². The molecule has 0 aliphatic heterocycles. The molecule has 2 aromatic rings. The molecule has 0 fully saturated rings. The zero-order valence-electron chi connectivity index (χ0n) is 9.41. The van der Waals surface area contributed by atoms with Gasteiger partial charge in [-0.3, -0.25) is 0 Å². The first-order chi connectivity index (χ1) is 8.22. The molecule has 0 saturated carbocycles. The molecule has 0 aliphatic rings. The Morgan fingerprint density at radius 2 is 2.24 bits per heavy atom. The van der Waals surface area contributed by atoms with Crippen molar-refractivity contribution < 1.29 is 8.81 Å². The van der Waals surface area contributed by atoms with Gasteiger partial charge >= 0.3 is 0 Å². The Labute approximate surface area is 108 Å². The van der Waals surface area contributed by atoms with Crippen LogP contribution in [0.1, 0.15) is 24.3 Å². The van der Waals surface area contributed by atoms with Crippen molar-refractivity contribution in [3.63, 3.8) is 0 Å². The molecule has 0 bridgehead atoms. The molecule has 4 heteroatoms. The molecule has 1 aromatic heterocycles. The van der Waals surface area contributed by atoms with E-state index in [2.05, 4.69) is 21.2 Å². The molecule has 1 N–H and O–H groups in total. The molecule has 0 amide bonds. The number of halogens is 2. The lowest BCUT2D eigenvalue weighted by Crippen LogP contribution is -2.22. The average molecular weight is 298 g/mol. The fourth-order valence-electron chi connectivity index (χ4n) is 1.76. The summed E-state index contributed by atoms with van der Waals surface area (Å²) in [5.41, 5.74) is 0.835. The van der Waals surface area contributed by atoms with Crippen LogP contribution in [-0.4, -0.2) is 6.54 Å². The van der Waals surface area contributed by atoms with E-state index in [4.69, 9.17) is 4.42 Å². The Hall–Kier alpha value is -1.13. The minimum Gasteiger partial charge on any atom is -0.467 e. The van der Waals surface area contributed by atoms with Crippen molar-refractivity contribution in [1.29, 1.82) is 0 Å². The Kier molecular flexibility index (Phi) is 3.97. The third-order valence-corrected chi connectivity index (χ3v) is 3.23. The Bertz CT molecular complexity index is 484. The molecular weight excluding hydrogens is 285 g/mol. The van der Waals surface area contributed by atoms with Gasteiger partial charge in [0.1, 0.15) is 11.6 Å². The van der Waals surface area contributed by atoms with E-state index in [0.29, 0.717) is 0 Å². The van der Waals surface area contributed by atoms with E-state index in [9.17, 15) is 4.39 Å². The molecule has 17 heavy (non-hydrogen) atoms. The van der Waals surface area contributed by atoms with Gasteiger partial charge in [-0.25, -0.2) is 4.39 Å². The van der Waals surface area contributed by atoms with Gasteiger partial charge in [-0.05, 0) is 42.4 Å². The van der Waals surface area contributed by atoms with E-state index in [-0.39, 0.29) is 11.9 Å². The van der Waals surface area contributed by atoms with Gasteiger partial charge in [0.2, 0.25) is 0 Å². The highest BCUT2D eigenvalue weighted by Crippen LogP contribution is 2.29. The fourth-order valence-corrected chi connectivity index (χ4v) is 2.23. The van der Waals surface area contributed by atoms with Gasteiger partial charge in [0.15, 0.2) is 0 Å². The molecule has 90 valence electrons. The van der Waals surface area contributed by atoms with Crippen LogP contribution < -0.4 is 5.32 Å². The summed E-state index contributed by atoms with van der Waals surface area (Å²) in [6.45, 7) is 2.78. The van der Waals surface area contributed by atoms with E-state index in [1.54, 1.807) is 12.3 Å². The highest BCUT2D eigenvalue weighted by molar-refractivity contribution is 9.10. The second kappa shape index (κ2) is 5.47. The van der Waals surface area contributed by atoms with E-state index < -0.39 is 0 Å². The maximum absolute atomic E-state index is 13.3. The first kappa shape index (κ1) is 12.3. The first-order valence-corrected chi connectivity index (χ1v) is 6.23. The average Bonchev–Trinajstić information content (AvgIpc) is 2.83. The molecule has 2 rings (SSSR count). The number of hydrogen-bond donors (Lipinski definition) is 1. The summed E-state index contributed by atoms with van der Waals surface area (Å²) in [5.74, 6) is 0.524. The van der Waals surface area contributed by atoms with Gasteiger partial charge in [0, 0.05) is 4.47 Å². The highest BCUT2D eigenvalue weighted by atomic mass is 79.9. The number of benzene rings is 1. The van der Waals surface area contributed by atoms with E-state index in [1.165, 1.54) is 12.1 Å². The van der Waals surface area contributed by atoms with Crippen LogP contribution in [0.3, 0.4) is 0 Å². The van der Waals surface area contributed by atoms with Gasteiger partial charge in [-0.15, -0.1) is 0 Å². The summed E-state index contributed by atoms with van der Waals surface area (Å²) in [7, 11) is 0. The lowest BCUT2D eigenvalue weighted by molar-refractivity contribution is 0.450.